The van der Waals surface area contributed by atoms with Gasteiger partial charge in [0.25, 0.3) is 0 Å². The fourth-order valence-electron chi connectivity index (χ4n) is 1.52. The fourth-order valence-corrected chi connectivity index (χ4v) is 2.38. The largest absolute Gasteiger partial charge is 0.336 e. The molecule has 3 amide bonds. The molecular formula is C14H22N4O2S. The number of nitrogens with one attached hydrogen (secondary N) is 2. The fraction of sp³-hybridized carbons (Fsp3) is 0.571. The summed E-state index contributed by atoms with van der Waals surface area (Å²) in [7, 11) is 0. The van der Waals surface area contributed by atoms with Crippen molar-refractivity contribution in [2.45, 2.75) is 58.0 Å². The SMILES string of the molecule is Cc1nc(S[C@H](C)C(=O)NC(=O)NC(C)C)nc(C)c1C. The highest BCUT2D eigenvalue weighted by Crippen LogP contribution is 2.21. The Balaban J connectivity index is 2.66. The lowest BCUT2D eigenvalue weighted by atomic mass is 10.2. The van der Waals surface area contributed by atoms with Crippen LogP contribution in [0.25, 0.3) is 0 Å². The maximum Gasteiger partial charge on any atom is 0.321 e. The standard InChI is InChI=1S/C14H22N4O2S/c1-7(2)15-13(20)18-12(19)11(6)21-14-16-9(4)8(3)10(5)17-14/h7,11H,1-6H3,(H2,15,18,19,20)/t11-/m1/s1. The molecule has 0 saturated heterocycles. The number of hydrogen-bond acceptors (Lipinski definition) is 5. The van der Waals surface area contributed by atoms with Gasteiger partial charge in [-0.1, -0.05) is 11.8 Å². The minimum Gasteiger partial charge on any atom is -0.336 e. The van der Waals surface area contributed by atoms with E-state index in [4.69, 9.17) is 0 Å². The van der Waals surface area contributed by atoms with E-state index in [2.05, 4.69) is 20.6 Å². The van der Waals surface area contributed by atoms with Crippen LogP contribution in [0, 0.1) is 20.8 Å². The summed E-state index contributed by atoms with van der Waals surface area (Å²) in [6, 6.07) is -0.508. The van der Waals surface area contributed by atoms with E-state index in [9.17, 15) is 9.59 Å². The molecule has 0 aliphatic rings. The summed E-state index contributed by atoms with van der Waals surface area (Å²) in [5.41, 5.74) is 2.85. The molecule has 0 bridgehead atoms. The second-order valence-electron chi connectivity index (χ2n) is 5.18. The molecule has 0 aliphatic carbocycles. The van der Waals surface area contributed by atoms with E-state index in [-0.39, 0.29) is 11.9 Å². The number of carbonyl (C=O) groups excluding carboxylic acids is 2. The Hall–Kier alpha value is -1.63. The molecule has 0 aliphatic heterocycles. The molecule has 116 valence electrons. The van der Waals surface area contributed by atoms with Crippen molar-refractivity contribution >= 4 is 23.7 Å². The van der Waals surface area contributed by atoms with Crippen LogP contribution in [0.4, 0.5) is 4.79 Å². The molecule has 0 radical (unpaired) electrons. The summed E-state index contributed by atoms with van der Waals surface area (Å²) in [6.07, 6.45) is 0. The first-order valence-electron chi connectivity index (χ1n) is 6.80. The molecule has 6 nitrogen and oxygen atoms in total. The zero-order valence-corrected chi connectivity index (χ0v) is 14.1. The molecule has 2 N–H and O–H groups in total. The van der Waals surface area contributed by atoms with Gasteiger partial charge in [-0.05, 0) is 47.1 Å². The van der Waals surface area contributed by atoms with Gasteiger partial charge in [-0.25, -0.2) is 14.8 Å². The predicted molar refractivity (Wildman–Crippen MR) is 83.4 cm³/mol. The summed E-state index contributed by atoms with van der Waals surface area (Å²) >= 11 is 1.24. The third kappa shape index (κ3) is 5.34. The van der Waals surface area contributed by atoms with Gasteiger partial charge in [0.2, 0.25) is 5.91 Å². The highest BCUT2D eigenvalue weighted by Gasteiger charge is 2.19. The molecular weight excluding hydrogens is 288 g/mol. The van der Waals surface area contributed by atoms with Crippen LogP contribution in [0.3, 0.4) is 0 Å². The number of urea groups is 1. The number of aryl methyl sites for hydroxylation is 2. The number of carbonyl (C=O) groups is 2. The van der Waals surface area contributed by atoms with Crippen LogP contribution < -0.4 is 10.6 Å². The van der Waals surface area contributed by atoms with Gasteiger partial charge in [0.05, 0.1) is 5.25 Å². The molecule has 1 aromatic heterocycles. The lowest BCUT2D eigenvalue weighted by molar-refractivity contribution is -0.119. The van der Waals surface area contributed by atoms with Gasteiger partial charge in [0.15, 0.2) is 5.16 Å². The predicted octanol–water partition coefficient (Wildman–Crippen LogP) is 2.12. The van der Waals surface area contributed by atoms with Crippen molar-refractivity contribution in [2.75, 3.05) is 0 Å². The lowest BCUT2D eigenvalue weighted by Gasteiger charge is -2.13. The zero-order chi connectivity index (χ0) is 16.2. The highest BCUT2D eigenvalue weighted by molar-refractivity contribution is 8.00. The average Bonchev–Trinajstić information content (AvgIpc) is 2.34. The first kappa shape index (κ1) is 17.4. The summed E-state index contributed by atoms with van der Waals surface area (Å²) in [5.74, 6) is -0.363. The molecule has 0 saturated carbocycles. The first-order valence-corrected chi connectivity index (χ1v) is 7.68. The first-order chi connectivity index (χ1) is 9.70. The van der Waals surface area contributed by atoms with E-state index in [1.54, 1.807) is 6.92 Å². The van der Waals surface area contributed by atoms with E-state index in [0.29, 0.717) is 5.16 Å². The van der Waals surface area contributed by atoms with Crippen molar-refractivity contribution in [1.29, 1.82) is 0 Å². The van der Waals surface area contributed by atoms with E-state index in [0.717, 1.165) is 17.0 Å². The Bertz CT molecular complexity index is 523. The molecule has 1 rings (SSSR count). The van der Waals surface area contributed by atoms with Crippen molar-refractivity contribution in [3.63, 3.8) is 0 Å². The van der Waals surface area contributed by atoms with Crippen LogP contribution >= 0.6 is 11.8 Å². The summed E-state index contributed by atoms with van der Waals surface area (Å²) < 4.78 is 0. The maximum absolute atomic E-state index is 11.9. The van der Waals surface area contributed by atoms with Crippen LogP contribution in [-0.4, -0.2) is 33.2 Å². The Morgan fingerprint density at radius 1 is 1.05 bits per heavy atom. The Morgan fingerprint density at radius 2 is 1.57 bits per heavy atom. The molecule has 0 aromatic carbocycles. The van der Waals surface area contributed by atoms with Crippen LogP contribution in [0.15, 0.2) is 5.16 Å². The van der Waals surface area contributed by atoms with Gasteiger partial charge in [-0.2, -0.15) is 0 Å². The molecule has 1 atom stereocenters. The quantitative estimate of drug-likeness (QED) is 0.657. The summed E-state index contributed by atoms with van der Waals surface area (Å²) in [4.78, 5) is 32.1. The van der Waals surface area contributed by atoms with E-state index < -0.39 is 11.3 Å². The van der Waals surface area contributed by atoms with Crippen molar-refractivity contribution in [2.24, 2.45) is 0 Å². The lowest BCUT2D eigenvalue weighted by Crippen LogP contribution is -2.45. The van der Waals surface area contributed by atoms with Crippen LogP contribution in [0.2, 0.25) is 0 Å². The maximum atomic E-state index is 11.9. The van der Waals surface area contributed by atoms with Crippen LogP contribution in [0.5, 0.6) is 0 Å². The van der Waals surface area contributed by atoms with E-state index in [1.807, 2.05) is 34.6 Å². The Labute approximate surface area is 129 Å². The van der Waals surface area contributed by atoms with Crippen molar-refractivity contribution in [3.8, 4) is 0 Å². The number of thioether (sulfide) groups is 1. The molecule has 1 heterocycles. The van der Waals surface area contributed by atoms with Gasteiger partial charge in [0.1, 0.15) is 0 Å². The number of imide groups is 1. The smallest absolute Gasteiger partial charge is 0.321 e. The van der Waals surface area contributed by atoms with E-state index >= 15 is 0 Å². The summed E-state index contributed by atoms with van der Waals surface area (Å²) in [5, 5.41) is 5.00. The topological polar surface area (TPSA) is 84.0 Å². The van der Waals surface area contributed by atoms with Crippen molar-refractivity contribution < 1.29 is 9.59 Å². The number of hydrogen-bond donors (Lipinski definition) is 2. The van der Waals surface area contributed by atoms with Crippen molar-refractivity contribution in [1.82, 2.24) is 20.6 Å². The molecule has 0 spiro atoms. The minimum atomic E-state index is -0.486. The highest BCUT2D eigenvalue weighted by atomic mass is 32.2. The second-order valence-corrected chi connectivity index (χ2v) is 6.49. The number of rotatable bonds is 4. The van der Waals surface area contributed by atoms with Crippen molar-refractivity contribution in [3.05, 3.63) is 17.0 Å². The van der Waals surface area contributed by atoms with Crippen LogP contribution in [0.1, 0.15) is 37.7 Å². The molecule has 7 heteroatoms. The monoisotopic (exact) mass is 310 g/mol. The van der Waals surface area contributed by atoms with Gasteiger partial charge < -0.3 is 5.32 Å². The third-order valence-electron chi connectivity index (χ3n) is 2.92. The number of amides is 3. The molecule has 1 aromatic rings. The van der Waals surface area contributed by atoms with Gasteiger partial charge in [-0.3, -0.25) is 10.1 Å². The zero-order valence-electron chi connectivity index (χ0n) is 13.3. The number of nitrogens with zero attached hydrogens (tertiary/aromatic N) is 2. The third-order valence-corrected chi connectivity index (χ3v) is 3.88. The molecule has 0 fully saturated rings. The van der Waals surface area contributed by atoms with Gasteiger partial charge in [-0.15, -0.1) is 0 Å². The molecule has 21 heavy (non-hydrogen) atoms. The Morgan fingerprint density at radius 3 is 2.05 bits per heavy atom. The van der Waals surface area contributed by atoms with Crippen LogP contribution in [-0.2, 0) is 4.79 Å². The molecule has 0 unspecified atom stereocenters. The summed E-state index contributed by atoms with van der Waals surface area (Å²) in [6.45, 7) is 11.2. The van der Waals surface area contributed by atoms with Gasteiger partial charge in [0, 0.05) is 17.4 Å². The second kappa shape index (κ2) is 7.40. The van der Waals surface area contributed by atoms with E-state index in [1.165, 1.54) is 11.8 Å². The van der Waals surface area contributed by atoms with Gasteiger partial charge >= 0.3 is 6.03 Å². The Kier molecular flexibility index (Phi) is 6.14. The average molecular weight is 310 g/mol. The minimum absolute atomic E-state index is 0.0218. The number of aromatic nitrogens is 2. The normalized spacial score (nSPS) is 12.1.